The largest absolute Gasteiger partial charge is 0.494 e. The first-order valence-corrected chi connectivity index (χ1v) is 7.96. The highest BCUT2D eigenvalue weighted by Crippen LogP contribution is 2.14. The molecule has 1 atom stereocenters. The van der Waals surface area contributed by atoms with Crippen LogP contribution in [0.15, 0.2) is 44.9 Å². The molecule has 2 aromatic rings. The normalized spacial score (nSPS) is 13.1. The monoisotopic (exact) mass is 329 g/mol. The van der Waals surface area contributed by atoms with E-state index in [9.17, 15) is 14.7 Å². The van der Waals surface area contributed by atoms with Crippen molar-refractivity contribution in [2.24, 2.45) is 19.1 Å². The van der Waals surface area contributed by atoms with Gasteiger partial charge in [0.05, 0.1) is 11.8 Å². The lowest BCUT2D eigenvalue weighted by Gasteiger charge is -2.14. The summed E-state index contributed by atoms with van der Waals surface area (Å²) in [5, 5.41) is 10.3. The second kappa shape index (κ2) is 7.29. The Balaban J connectivity index is 2.45. The van der Waals surface area contributed by atoms with Crippen LogP contribution in [0.1, 0.15) is 31.4 Å². The van der Waals surface area contributed by atoms with Crippen LogP contribution in [-0.2, 0) is 20.5 Å². The molecular weight excluding hydrogens is 306 g/mol. The van der Waals surface area contributed by atoms with Gasteiger partial charge >= 0.3 is 5.69 Å². The number of hydrogen-bond acceptors (Lipinski definition) is 4. The van der Waals surface area contributed by atoms with E-state index in [0.29, 0.717) is 12.1 Å². The van der Waals surface area contributed by atoms with Crippen LogP contribution in [0, 0.1) is 0 Å². The van der Waals surface area contributed by atoms with Crippen LogP contribution in [0.2, 0.25) is 0 Å². The van der Waals surface area contributed by atoms with Crippen molar-refractivity contribution in [2.75, 3.05) is 0 Å². The summed E-state index contributed by atoms with van der Waals surface area (Å²) in [6.45, 7) is 3.84. The third kappa shape index (κ3) is 3.48. The lowest BCUT2D eigenvalue weighted by atomic mass is 10.1. The molecule has 0 radical (unpaired) electrons. The zero-order valence-corrected chi connectivity index (χ0v) is 14.5. The van der Waals surface area contributed by atoms with Crippen molar-refractivity contribution in [3.05, 3.63) is 62.3 Å². The van der Waals surface area contributed by atoms with Gasteiger partial charge in [-0.05, 0) is 25.3 Å². The van der Waals surface area contributed by atoms with Gasteiger partial charge in [-0.2, -0.15) is 0 Å². The zero-order chi connectivity index (χ0) is 17.9. The van der Waals surface area contributed by atoms with E-state index in [0.717, 1.165) is 21.1 Å². The fraction of sp³-hybridized carbons (Fsp3) is 0.389. The first kappa shape index (κ1) is 17.7. The van der Waals surface area contributed by atoms with Crippen molar-refractivity contribution in [1.82, 2.24) is 9.13 Å². The smallest absolute Gasteiger partial charge is 0.333 e. The van der Waals surface area contributed by atoms with Gasteiger partial charge in [-0.3, -0.25) is 18.9 Å². The molecular formula is C18H23N3O3. The Morgan fingerprint density at radius 1 is 1.17 bits per heavy atom. The molecule has 0 fully saturated rings. The summed E-state index contributed by atoms with van der Waals surface area (Å²) in [7, 11) is 2.83. The maximum Gasteiger partial charge on any atom is 0.333 e. The van der Waals surface area contributed by atoms with Crippen LogP contribution in [0.4, 0.5) is 0 Å². The number of aromatic nitrogens is 2. The molecule has 0 aliphatic rings. The van der Waals surface area contributed by atoms with Gasteiger partial charge in [-0.1, -0.05) is 37.3 Å². The maximum atomic E-state index is 12.4. The fourth-order valence-electron chi connectivity index (χ4n) is 2.69. The van der Waals surface area contributed by atoms with Crippen molar-refractivity contribution < 1.29 is 5.11 Å². The van der Waals surface area contributed by atoms with Crippen LogP contribution in [-0.4, -0.2) is 26.0 Å². The highest BCUT2D eigenvalue weighted by Gasteiger charge is 2.19. The molecule has 0 bridgehead atoms. The number of benzene rings is 1. The Labute approximate surface area is 140 Å². The molecule has 2 rings (SSSR count). The van der Waals surface area contributed by atoms with Gasteiger partial charge in [-0.25, -0.2) is 4.79 Å². The third-order valence-corrected chi connectivity index (χ3v) is 4.01. The minimum Gasteiger partial charge on any atom is -0.494 e. The molecule has 1 N–H and O–H groups in total. The lowest BCUT2D eigenvalue weighted by Crippen LogP contribution is -2.40. The van der Waals surface area contributed by atoms with E-state index in [1.165, 1.54) is 14.1 Å². The highest BCUT2D eigenvalue weighted by molar-refractivity contribution is 6.02. The van der Waals surface area contributed by atoms with Gasteiger partial charge < -0.3 is 5.11 Å². The first-order chi connectivity index (χ1) is 11.4. The molecule has 0 amide bonds. The first-order valence-electron chi connectivity index (χ1n) is 7.96. The van der Waals surface area contributed by atoms with Crippen LogP contribution in [0.3, 0.4) is 0 Å². The molecule has 0 saturated heterocycles. The van der Waals surface area contributed by atoms with E-state index in [4.69, 9.17) is 0 Å². The molecule has 6 nitrogen and oxygen atoms in total. The Kier molecular flexibility index (Phi) is 5.39. The van der Waals surface area contributed by atoms with Gasteiger partial charge in [0.2, 0.25) is 5.88 Å². The summed E-state index contributed by atoms with van der Waals surface area (Å²) >= 11 is 0. The highest BCUT2D eigenvalue weighted by atomic mass is 16.3. The predicted molar refractivity (Wildman–Crippen MR) is 95.0 cm³/mol. The SMILES string of the molecule is CCC(=N[C@H](C)Cc1ccccc1)c1c(O)n(C)c(=O)n(C)c1=O. The molecule has 0 unspecified atom stereocenters. The molecule has 1 aromatic carbocycles. The van der Waals surface area contributed by atoms with Crippen LogP contribution >= 0.6 is 0 Å². The predicted octanol–water partition coefficient (Wildman–Crippen LogP) is 1.62. The second-order valence-electron chi connectivity index (χ2n) is 5.87. The Hall–Kier alpha value is -2.63. The van der Waals surface area contributed by atoms with E-state index in [2.05, 4.69) is 4.99 Å². The molecule has 0 spiro atoms. The molecule has 128 valence electrons. The molecule has 24 heavy (non-hydrogen) atoms. The minimum absolute atomic E-state index is 0.0521. The van der Waals surface area contributed by atoms with Crippen molar-refractivity contribution in [3.8, 4) is 5.88 Å². The summed E-state index contributed by atoms with van der Waals surface area (Å²) < 4.78 is 2.05. The van der Waals surface area contributed by atoms with E-state index in [1.807, 2.05) is 44.2 Å². The maximum absolute atomic E-state index is 12.4. The van der Waals surface area contributed by atoms with Gasteiger partial charge in [0.25, 0.3) is 5.56 Å². The van der Waals surface area contributed by atoms with Crippen LogP contribution in [0.25, 0.3) is 0 Å². The second-order valence-corrected chi connectivity index (χ2v) is 5.87. The van der Waals surface area contributed by atoms with Crippen LogP contribution in [0.5, 0.6) is 5.88 Å². The van der Waals surface area contributed by atoms with Gasteiger partial charge in [0.15, 0.2) is 0 Å². The van der Waals surface area contributed by atoms with E-state index in [1.54, 1.807) is 0 Å². The van der Waals surface area contributed by atoms with Crippen molar-refractivity contribution in [3.63, 3.8) is 0 Å². The zero-order valence-electron chi connectivity index (χ0n) is 14.5. The molecule has 0 saturated carbocycles. The molecule has 1 aromatic heterocycles. The van der Waals surface area contributed by atoms with Crippen molar-refractivity contribution in [2.45, 2.75) is 32.7 Å². The molecule has 0 aliphatic carbocycles. The fourth-order valence-corrected chi connectivity index (χ4v) is 2.69. The van der Waals surface area contributed by atoms with Gasteiger partial charge in [-0.15, -0.1) is 0 Å². The summed E-state index contributed by atoms with van der Waals surface area (Å²) in [6.07, 6.45) is 1.22. The number of aliphatic imine (C=N–C) groups is 1. The number of rotatable bonds is 5. The molecule has 1 heterocycles. The van der Waals surface area contributed by atoms with Crippen molar-refractivity contribution in [1.29, 1.82) is 0 Å². The summed E-state index contributed by atoms with van der Waals surface area (Å²) in [6, 6.07) is 9.91. The number of aromatic hydroxyl groups is 1. The van der Waals surface area contributed by atoms with E-state index < -0.39 is 11.2 Å². The quantitative estimate of drug-likeness (QED) is 0.847. The van der Waals surface area contributed by atoms with Gasteiger partial charge in [0.1, 0.15) is 5.56 Å². The number of nitrogens with zero attached hydrogens (tertiary/aromatic N) is 3. The number of hydrogen-bond donors (Lipinski definition) is 1. The topological polar surface area (TPSA) is 76.6 Å². The molecule has 6 heteroatoms. The summed E-state index contributed by atoms with van der Waals surface area (Å²) in [5.74, 6) is -0.337. The van der Waals surface area contributed by atoms with E-state index >= 15 is 0 Å². The minimum atomic E-state index is -0.561. The third-order valence-electron chi connectivity index (χ3n) is 4.01. The molecule has 0 aliphatic heterocycles. The summed E-state index contributed by atoms with van der Waals surface area (Å²) in [5.41, 5.74) is 0.674. The van der Waals surface area contributed by atoms with Gasteiger partial charge in [0, 0.05) is 14.1 Å². The Bertz CT molecular complexity index is 864. The summed E-state index contributed by atoms with van der Waals surface area (Å²) in [4.78, 5) is 28.9. The lowest BCUT2D eigenvalue weighted by molar-refractivity contribution is 0.410. The van der Waals surface area contributed by atoms with E-state index in [-0.39, 0.29) is 17.5 Å². The van der Waals surface area contributed by atoms with Crippen LogP contribution < -0.4 is 11.2 Å². The Morgan fingerprint density at radius 2 is 1.79 bits per heavy atom. The average molecular weight is 329 g/mol. The Morgan fingerprint density at radius 3 is 2.38 bits per heavy atom. The standard InChI is InChI=1S/C18H23N3O3/c1-5-14(19-12(2)11-13-9-7-6-8-10-13)15-16(22)20(3)18(24)21(4)17(15)23/h6-10,12,22H,5,11H2,1-4H3/t12-/m1/s1. The average Bonchev–Trinajstić information content (AvgIpc) is 2.58. The van der Waals surface area contributed by atoms with Crippen molar-refractivity contribution >= 4 is 5.71 Å².